The second-order valence-corrected chi connectivity index (χ2v) is 10.4. The highest BCUT2D eigenvalue weighted by atomic mass is 16.6. The minimum Gasteiger partial charge on any atom is -0.457 e. The number of pyridine rings is 2. The fourth-order valence-electron chi connectivity index (χ4n) is 4.91. The molecule has 1 atom stereocenters. The summed E-state index contributed by atoms with van der Waals surface area (Å²) in [5.74, 6) is -1.46. The van der Waals surface area contributed by atoms with Crippen LogP contribution in [0.1, 0.15) is 57.2 Å². The van der Waals surface area contributed by atoms with Gasteiger partial charge in [0.25, 0.3) is 5.56 Å². The molecule has 3 aromatic rings. The summed E-state index contributed by atoms with van der Waals surface area (Å²) in [5.41, 5.74) is 0.692. The Hall–Kier alpha value is -4.21. The third-order valence-corrected chi connectivity index (χ3v) is 6.67. The molecule has 0 radical (unpaired) electrons. The number of para-hydroxylation sites is 1. The zero-order valence-corrected chi connectivity index (χ0v) is 21.8. The van der Waals surface area contributed by atoms with E-state index < -0.39 is 29.2 Å². The number of carbonyl (C=O) groups excluding carboxylic acids is 3. The number of rotatable bonds is 5. The van der Waals surface area contributed by atoms with Crippen LogP contribution in [0.2, 0.25) is 0 Å². The smallest absolute Gasteiger partial charge is 0.407 e. The number of aromatic nitrogens is 2. The number of esters is 2. The van der Waals surface area contributed by atoms with Gasteiger partial charge in [0.15, 0.2) is 0 Å². The molecule has 10 heteroatoms. The summed E-state index contributed by atoms with van der Waals surface area (Å²) in [6.45, 7) is 6.96. The molecule has 1 N–H and O–H groups in total. The van der Waals surface area contributed by atoms with Crippen LogP contribution in [-0.4, -0.2) is 39.7 Å². The summed E-state index contributed by atoms with van der Waals surface area (Å²) in [4.78, 5) is 56.2. The Bertz CT molecular complexity index is 1540. The SMILES string of the molecule is CC[C@@]1(OC(=O)CCNC(=O)OC(C)(C)C)C(=O)OCc2c1cc1n(c2=O)Cc2cc3ccccc3nc2-1. The van der Waals surface area contributed by atoms with Gasteiger partial charge in [0.05, 0.1) is 35.4 Å². The van der Waals surface area contributed by atoms with Crippen molar-refractivity contribution in [2.45, 2.75) is 64.9 Å². The van der Waals surface area contributed by atoms with Gasteiger partial charge in [-0.2, -0.15) is 0 Å². The number of nitrogens with zero attached hydrogens (tertiary/aromatic N) is 2. The number of hydrogen-bond acceptors (Lipinski definition) is 8. The van der Waals surface area contributed by atoms with Gasteiger partial charge < -0.3 is 24.1 Å². The lowest BCUT2D eigenvalue weighted by Crippen LogP contribution is -2.47. The van der Waals surface area contributed by atoms with Gasteiger partial charge in [-0.25, -0.2) is 14.6 Å². The van der Waals surface area contributed by atoms with Gasteiger partial charge in [-0.3, -0.25) is 9.59 Å². The topological polar surface area (TPSA) is 126 Å². The van der Waals surface area contributed by atoms with Crippen LogP contribution in [0.4, 0.5) is 4.79 Å². The third-order valence-electron chi connectivity index (χ3n) is 6.67. The Kier molecular flexibility index (Phi) is 6.21. The van der Waals surface area contributed by atoms with Crippen molar-refractivity contribution in [2.24, 2.45) is 0 Å². The van der Waals surface area contributed by atoms with Crippen LogP contribution in [0.25, 0.3) is 22.3 Å². The minimum absolute atomic E-state index is 0.0489. The van der Waals surface area contributed by atoms with E-state index in [1.165, 1.54) is 0 Å². The van der Waals surface area contributed by atoms with Gasteiger partial charge in [0.2, 0.25) is 5.60 Å². The van der Waals surface area contributed by atoms with Crippen LogP contribution in [0, 0.1) is 0 Å². The standard InChI is InChI=1S/C28H29N3O7/c1-5-28(37-22(32)10-11-29-26(35)38-27(2,3)4)19-13-21-23-17(12-16-8-6-7-9-20(16)30-23)14-31(21)24(33)18(19)15-36-25(28)34/h6-9,12-13H,5,10-11,14-15H2,1-4H3,(H,29,35)/t28-/m0/s1. The number of fused-ring (bicyclic) bond motifs is 5. The molecule has 4 heterocycles. The Labute approximate surface area is 218 Å². The molecule has 5 rings (SSSR count). The van der Waals surface area contributed by atoms with Crippen molar-refractivity contribution in [2.75, 3.05) is 6.54 Å². The van der Waals surface area contributed by atoms with Gasteiger partial charge in [-0.1, -0.05) is 25.1 Å². The Balaban J connectivity index is 1.47. The molecule has 0 unspecified atom stereocenters. The maximum Gasteiger partial charge on any atom is 0.407 e. The van der Waals surface area contributed by atoms with E-state index in [4.69, 9.17) is 19.2 Å². The lowest BCUT2D eigenvalue weighted by molar-refractivity contribution is -0.189. The zero-order valence-electron chi connectivity index (χ0n) is 21.8. The van der Waals surface area contributed by atoms with Gasteiger partial charge >= 0.3 is 18.0 Å². The summed E-state index contributed by atoms with van der Waals surface area (Å²) >= 11 is 0. The first kappa shape index (κ1) is 25.4. The summed E-state index contributed by atoms with van der Waals surface area (Å²) in [7, 11) is 0. The van der Waals surface area contributed by atoms with E-state index in [0.717, 1.165) is 16.5 Å². The number of benzene rings is 1. The molecule has 2 aliphatic heterocycles. The number of nitrogens with one attached hydrogen (secondary N) is 1. The summed E-state index contributed by atoms with van der Waals surface area (Å²) < 4.78 is 17.9. The van der Waals surface area contributed by atoms with E-state index in [0.29, 0.717) is 23.5 Å². The molecular formula is C28H29N3O7. The van der Waals surface area contributed by atoms with Crippen molar-refractivity contribution in [1.29, 1.82) is 0 Å². The highest BCUT2D eigenvalue weighted by Crippen LogP contribution is 2.41. The zero-order chi connectivity index (χ0) is 27.2. The molecule has 2 aliphatic rings. The predicted molar refractivity (Wildman–Crippen MR) is 137 cm³/mol. The molecule has 198 valence electrons. The highest BCUT2D eigenvalue weighted by Gasteiger charge is 2.50. The molecule has 1 aromatic carbocycles. The van der Waals surface area contributed by atoms with Crippen LogP contribution in [-0.2, 0) is 42.6 Å². The van der Waals surface area contributed by atoms with E-state index in [2.05, 4.69) is 5.32 Å². The van der Waals surface area contributed by atoms with Crippen molar-refractivity contribution in [3.05, 3.63) is 63.4 Å². The molecule has 0 fully saturated rings. The number of amides is 1. The van der Waals surface area contributed by atoms with Crippen LogP contribution in [0.3, 0.4) is 0 Å². The number of cyclic esters (lactones) is 1. The van der Waals surface area contributed by atoms with Crippen LogP contribution < -0.4 is 10.9 Å². The van der Waals surface area contributed by atoms with E-state index >= 15 is 0 Å². The van der Waals surface area contributed by atoms with Gasteiger partial charge in [0.1, 0.15) is 12.2 Å². The molecule has 0 aliphatic carbocycles. The molecule has 38 heavy (non-hydrogen) atoms. The fraction of sp³-hybridized carbons (Fsp3) is 0.393. The average Bonchev–Trinajstić information content (AvgIpc) is 3.21. The number of hydrogen-bond donors (Lipinski definition) is 1. The maximum absolute atomic E-state index is 13.6. The highest BCUT2D eigenvalue weighted by molar-refractivity contribution is 5.88. The van der Waals surface area contributed by atoms with E-state index in [9.17, 15) is 19.2 Å². The summed E-state index contributed by atoms with van der Waals surface area (Å²) in [6, 6.07) is 11.4. The summed E-state index contributed by atoms with van der Waals surface area (Å²) in [5, 5.41) is 3.46. The van der Waals surface area contributed by atoms with E-state index in [1.54, 1.807) is 38.3 Å². The monoisotopic (exact) mass is 519 g/mol. The molecule has 0 bridgehead atoms. The molecular weight excluding hydrogens is 490 g/mol. The quantitative estimate of drug-likeness (QED) is 0.313. The second-order valence-electron chi connectivity index (χ2n) is 10.4. The molecule has 0 spiro atoms. The maximum atomic E-state index is 13.6. The van der Waals surface area contributed by atoms with Crippen molar-refractivity contribution in [1.82, 2.24) is 14.9 Å². The number of carbonyl (C=O) groups is 3. The Morgan fingerprint density at radius 1 is 1.18 bits per heavy atom. The average molecular weight is 520 g/mol. The Morgan fingerprint density at radius 2 is 1.95 bits per heavy atom. The minimum atomic E-state index is -1.79. The lowest BCUT2D eigenvalue weighted by Gasteiger charge is -2.35. The van der Waals surface area contributed by atoms with Crippen molar-refractivity contribution < 1.29 is 28.6 Å². The molecule has 1 amide bonds. The van der Waals surface area contributed by atoms with Gasteiger partial charge in [-0.15, -0.1) is 0 Å². The first-order chi connectivity index (χ1) is 18.0. The van der Waals surface area contributed by atoms with Gasteiger partial charge in [0, 0.05) is 23.1 Å². The van der Waals surface area contributed by atoms with Crippen LogP contribution in [0.5, 0.6) is 0 Å². The first-order valence-corrected chi connectivity index (χ1v) is 12.5. The van der Waals surface area contributed by atoms with Crippen molar-refractivity contribution >= 4 is 28.9 Å². The summed E-state index contributed by atoms with van der Waals surface area (Å²) in [6.07, 6.45) is -0.810. The first-order valence-electron chi connectivity index (χ1n) is 12.5. The van der Waals surface area contributed by atoms with Crippen molar-refractivity contribution in [3.8, 4) is 11.4 Å². The molecule has 0 saturated carbocycles. The van der Waals surface area contributed by atoms with Crippen molar-refractivity contribution in [3.63, 3.8) is 0 Å². The number of alkyl carbamates (subject to hydrolysis) is 1. The normalized spacial score (nSPS) is 17.7. The van der Waals surface area contributed by atoms with Crippen LogP contribution >= 0.6 is 0 Å². The third kappa shape index (κ3) is 4.40. The van der Waals surface area contributed by atoms with Crippen LogP contribution in [0.15, 0.2) is 41.2 Å². The van der Waals surface area contributed by atoms with E-state index in [1.807, 2.05) is 30.3 Å². The lowest BCUT2D eigenvalue weighted by atomic mass is 9.85. The molecule has 10 nitrogen and oxygen atoms in total. The van der Waals surface area contributed by atoms with Gasteiger partial charge in [-0.05, 0) is 45.4 Å². The van der Waals surface area contributed by atoms with E-state index in [-0.39, 0.29) is 37.1 Å². The fourth-order valence-corrected chi connectivity index (χ4v) is 4.91. The Morgan fingerprint density at radius 3 is 2.68 bits per heavy atom. The second kappa shape index (κ2) is 9.27. The molecule has 2 aromatic heterocycles. The largest absolute Gasteiger partial charge is 0.457 e. The number of ether oxygens (including phenoxy) is 3. The molecule has 0 saturated heterocycles. The predicted octanol–water partition coefficient (Wildman–Crippen LogP) is 3.55.